The molecule has 3 aromatic rings. The van der Waals surface area contributed by atoms with E-state index in [4.69, 9.17) is 4.42 Å². The summed E-state index contributed by atoms with van der Waals surface area (Å²) in [7, 11) is -3.36. The average molecular weight is 439 g/mol. The van der Waals surface area contributed by atoms with Crippen molar-refractivity contribution in [2.45, 2.75) is 30.8 Å². The number of rotatable bonds is 5. The third-order valence-corrected chi connectivity index (χ3v) is 6.43. The van der Waals surface area contributed by atoms with E-state index < -0.39 is 27.3 Å². The van der Waals surface area contributed by atoms with E-state index in [2.05, 4.69) is 10.3 Å². The largest absolute Gasteiger partial charge is 0.444 e. The first-order valence-electron chi connectivity index (χ1n) is 9.54. The lowest BCUT2D eigenvalue weighted by atomic mass is 9.92. The molecule has 0 saturated carbocycles. The average Bonchev–Trinajstić information content (AvgIpc) is 3.27. The van der Waals surface area contributed by atoms with Gasteiger partial charge in [-0.3, -0.25) is 9.69 Å². The van der Waals surface area contributed by atoms with E-state index in [1.807, 2.05) is 31.2 Å². The van der Waals surface area contributed by atoms with Crippen LogP contribution < -0.4 is 5.32 Å². The van der Waals surface area contributed by atoms with E-state index in [0.717, 1.165) is 22.3 Å². The van der Waals surface area contributed by atoms with Gasteiger partial charge in [-0.1, -0.05) is 29.8 Å². The van der Waals surface area contributed by atoms with Gasteiger partial charge in [-0.25, -0.2) is 18.2 Å². The number of hydrogen-bond donors (Lipinski definition) is 1. The molecule has 2 aromatic carbocycles. The molecule has 1 aromatic heterocycles. The Labute approximate surface area is 179 Å². The third-order valence-electron chi connectivity index (χ3n) is 5.31. The highest BCUT2D eigenvalue weighted by molar-refractivity contribution is 7.90. The molecular weight excluding hydrogens is 418 g/mol. The summed E-state index contributed by atoms with van der Waals surface area (Å²) >= 11 is 0. The van der Waals surface area contributed by atoms with Gasteiger partial charge in [0.05, 0.1) is 17.1 Å². The summed E-state index contributed by atoms with van der Waals surface area (Å²) in [5, 5.41) is 2.70. The molecule has 0 bridgehead atoms. The van der Waals surface area contributed by atoms with Crippen LogP contribution in [0.25, 0.3) is 11.5 Å². The molecule has 2 heterocycles. The van der Waals surface area contributed by atoms with E-state index >= 15 is 0 Å². The number of aryl methyl sites for hydroxylation is 1. The van der Waals surface area contributed by atoms with Gasteiger partial charge < -0.3 is 9.73 Å². The standard InChI is InChI=1S/C22H21N3O5S/c1-14-4-6-15(7-5-14)19-23-17(13-30-19)12-25-20(26)22(2,24-21(25)27)16-8-10-18(11-9-16)31(3,28)29/h4-11,13H,12H2,1-3H3,(H,24,27)/t22-/m1/s1. The van der Waals surface area contributed by atoms with Gasteiger partial charge in [-0.2, -0.15) is 0 Å². The number of hydrogen-bond acceptors (Lipinski definition) is 6. The monoisotopic (exact) mass is 439 g/mol. The fraction of sp³-hybridized carbons (Fsp3) is 0.227. The summed E-state index contributed by atoms with van der Waals surface area (Å²) in [5.41, 5.74) is 1.52. The minimum absolute atomic E-state index is 0.0446. The third kappa shape index (κ3) is 3.84. The van der Waals surface area contributed by atoms with Crippen molar-refractivity contribution in [1.29, 1.82) is 0 Å². The maximum Gasteiger partial charge on any atom is 0.325 e. The van der Waals surface area contributed by atoms with Gasteiger partial charge in [-0.05, 0) is 43.7 Å². The molecule has 1 atom stereocenters. The number of aromatic nitrogens is 1. The number of oxazole rings is 1. The second-order valence-electron chi connectivity index (χ2n) is 7.75. The van der Waals surface area contributed by atoms with Gasteiger partial charge >= 0.3 is 6.03 Å². The molecule has 0 radical (unpaired) electrons. The Morgan fingerprint density at radius 3 is 2.32 bits per heavy atom. The van der Waals surface area contributed by atoms with E-state index in [9.17, 15) is 18.0 Å². The highest BCUT2D eigenvalue weighted by Gasteiger charge is 2.49. The Morgan fingerprint density at radius 1 is 1.06 bits per heavy atom. The van der Waals surface area contributed by atoms with Crippen LogP contribution in [0.5, 0.6) is 0 Å². The minimum Gasteiger partial charge on any atom is -0.444 e. The van der Waals surface area contributed by atoms with Crippen molar-refractivity contribution < 1.29 is 22.4 Å². The molecule has 160 valence electrons. The molecule has 9 heteroatoms. The van der Waals surface area contributed by atoms with E-state index in [0.29, 0.717) is 17.1 Å². The molecule has 1 fully saturated rings. The van der Waals surface area contributed by atoms with Gasteiger partial charge in [0, 0.05) is 11.8 Å². The summed E-state index contributed by atoms with van der Waals surface area (Å²) in [6.45, 7) is 3.52. The molecule has 0 aliphatic carbocycles. The van der Waals surface area contributed by atoms with Gasteiger partial charge in [0.25, 0.3) is 5.91 Å². The molecule has 3 amide bonds. The van der Waals surface area contributed by atoms with Crippen molar-refractivity contribution in [2.24, 2.45) is 0 Å². The van der Waals surface area contributed by atoms with Gasteiger partial charge in [0.2, 0.25) is 5.89 Å². The van der Waals surface area contributed by atoms with Gasteiger partial charge in [0.1, 0.15) is 11.8 Å². The summed E-state index contributed by atoms with van der Waals surface area (Å²) in [4.78, 5) is 31.3. The molecule has 0 spiro atoms. The normalized spacial score (nSPS) is 19.0. The lowest BCUT2D eigenvalue weighted by molar-refractivity contribution is -0.131. The Morgan fingerprint density at radius 2 is 1.71 bits per heavy atom. The van der Waals surface area contributed by atoms with Crippen LogP contribution in [0.2, 0.25) is 0 Å². The quantitative estimate of drug-likeness (QED) is 0.612. The summed E-state index contributed by atoms with van der Waals surface area (Å²) in [6, 6.07) is 13.0. The Kier molecular flexibility index (Phi) is 4.93. The second kappa shape index (κ2) is 7.35. The maximum atomic E-state index is 13.1. The zero-order valence-corrected chi connectivity index (χ0v) is 18.1. The molecule has 1 aliphatic heterocycles. The SMILES string of the molecule is Cc1ccc(-c2nc(CN3C(=O)N[C@](C)(c4ccc(S(C)(=O)=O)cc4)C3=O)co2)cc1. The van der Waals surface area contributed by atoms with Gasteiger partial charge in [0.15, 0.2) is 9.84 Å². The van der Waals surface area contributed by atoms with Crippen molar-refractivity contribution >= 4 is 21.8 Å². The number of carbonyl (C=O) groups is 2. The topological polar surface area (TPSA) is 110 Å². The van der Waals surface area contributed by atoms with E-state index in [1.54, 1.807) is 6.92 Å². The van der Waals surface area contributed by atoms with Crippen LogP contribution in [0.3, 0.4) is 0 Å². The van der Waals surface area contributed by atoms with Crippen molar-refractivity contribution in [3.05, 3.63) is 71.6 Å². The molecule has 1 N–H and O–H groups in total. The van der Waals surface area contributed by atoms with Crippen LogP contribution in [-0.4, -0.2) is 36.5 Å². The van der Waals surface area contributed by atoms with Gasteiger partial charge in [-0.15, -0.1) is 0 Å². The van der Waals surface area contributed by atoms with Crippen molar-refractivity contribution in [1.82, 2.24) is 15.2 Å². The Bertz CT molecular complexity index is 1260. The lowest BCUT2D eigenvalue weighted by Gasteiger charge is -2.22. The molecule has 0 unspecified atom stereocenters. The first kappa shape index (κ1) is 20.8. The van der Waals surface area contributed by atoms with E-state index in [-0.39, 0.29) is 11.4 Å². The predicted molar refractivity (Wildman–Crippen MR) is 113 cm³/mol. The Hall–Kier alpha value is -3.46. The zero-order valence-electron chi connectivity index (χ0n) is 17.2. The van der Waals surface area contributed by atoms with E-state index in [1.165, 1.54) is 30.5 Å². The molecule has 4 rings (SSSR count). The number of urea groups is 1. The molecule has 31 heavy (non-hydrogen) atoms. The lowest BCUT2D eigenvalue weighted by Crippen LogP contribution is -2.40. The number of nitrogens with zero attached hydrogens (tertiary/aromatic N) is 2. The summed E-state index contributed by atoms with van der Waals surface area (Å²) < 4.78 is 28.9. The fourth-order valence-corrected chi connectivity index (χ4v) is 4.07. The summed E-state index contributed by atoms with van der Waals surface area (Å²) in [5.74, 6) is -0.0503. The van der Waals surface area contributed by atoms with Crippen molar-refractivity contribution in [3.63, 3.8) is 0 Å². The number of carbonyl (C=O) groups excluding carboxylic acids is 2. The summed E-state index contributed by atoms with van der Waals surface area (Å²) in [6.07, 6.45) is 2.53. The zero-order chi connectivity index (χ0) is 22.4. The molecular formula is C22H21N3O5S. The predicted octanol–water partition coefficient (Wildman–Crippen LogP) is 3.02. The first-order valence-corrected chi connectivity index (χ1v) is 11.4. The van der Waals surface area contributed by atoms with Crippen LogP contribution in [0, 0.1) is 6.92 Å². The highest BCUT2D eigenvalue weighted by atomic mass is 32.2. The van der Waals surface area contributed by atoms with Crippen LogP contribution in [0.15, 0.2) is 64.1 Å². The maximum absolute atomic E-state index is 13.1. The van der Waals surface area contributed by atoms with Crippen LogP contribution in [0.1, 0.15) is 23.7 Å². The van der Waals surface area contributed by atoms with Crippen LogP contribution in [0.4, 0.5) is 4.79 Å². The number of amides is 3. The van der Waals surface area contributed by atoms with Crippen LogP contribution >= 0.6 is 0 Å². The molecule has 1 aliphatic rings. The smallest absolute Gasteiger partial charge is 0.325 e. The molecule has 1 saturated heterocycles. The second-order valence-corrected chi connectivity index (χ2v) is 9.77. The first-order chi connectivity index (χ1) is 14.6. The number of sulfone groups is 1. The minimum atomic E-state index is -3.36. The highest BCUT2D eigenvalue weighted by Crippen LogP contribution is 2.31. The Balaban J connectivity index is 1.55. The number of imide groups is 1. The van der Waals surface area contributed by atoms with Crippen molar-refractivity contribution in [3.8, 4) is 11.5 Å². The van der Waals surface area contributed by atoms with Crippen LogP contribution in [-0.2, 0) is 26.7 Å². The molecule has 8 nitrogen and oxygen atoms in total. The number of benzene rings is 2. The fourth-order valence-electron chi connectivity index (χ4n) is 3.44. The van der Waals surface area contributed by atoms with Crippen molar-refractivity contribution in [2.75, 3.05) is 6.26 Å². The number of nitrogens with one attached hydrogen (secondary N) is 1.